The lowest BCUT2D eigenvalue weighted by molar-refractivity contribution is -0.130. The van der Waals surface area contributed by atoms with E-state index >= 15 is 0 Å². The van der Waals surface area contributed by atoms with Crippen molar-refractivity contribution in [3.8, 4) is 0 Å². The topological polar surface area (TPSA) is 41.6 Å². The van der Waals surface area contributed by atoms with Crippen molar-refractivity contribution in [1.29, 1.82) is 0 Å². The molecule has 0 saturated carbocycles. The molecule has 4 nitrogen and oxygen atoms in total. The molecule has 0 spiro atoms. The highest BCUT2D eigenvalue weighted by Crippen LogP contribution is 2.22. The molecule has 2 saturated heterocycles. The molecule has 4 heteroatoms. The second-order valence-corrected chi connectivity index (χ2v) is 5.79. The number of carbonyl (C=O) groups is 1. The Kier molecular flexibility index (Phi) is 6.11. The zero-order valence-electron chi connectivity index (χ0n) is 12.2. The number of nitrogens with one attached hydrogen (secondary N) is 1. The summed E-state index contributed by atoms with van der Waals surface area (Å²) in [5.74, 6) is 0.857. The molecule has 110 valence electrons. The molecule has 1 amide bonds. The monoisotopic (exact) mass is 268 g/mol. The highest BCUT2D eigenvalue weighted by atomic mass is 16.5. The van der Waals surface area contributed by atoms with E-state index in [1.54, 1.807) is 0 Å². The van der Waals surface area contributed by atoms with Gasteiger partial charge in [-0.25, -0.2) is 0 Å². The molecule has 2 aliphatic rings. The van der Waals surface area contributed by atoms with E-state index in [0.717, 1.165) is 39.1 Å². The van der Waals surface area contributed by atoms with Gasteiger partial charge in [-0.05, 0) is 31.6 Å². The van der Waals surface area contributed by atoms with Crippen LogP contribution in [0.25, 0.3) is 0 Å². The summed E-state index contributed by atoms with van der Waals surface area (Å²) >= 11 is 0. The first-order valence-electron chi connectivity index (χ1n) is 7.91. The lowest BCUT2D eigenvalue weighted by atomic mass is 10.00. The predicted octanol–water partition coefficient (Wildman–Crippen LogP) is 1.79. The Hall–Kier alpha value is -0.610. The fourth-order valence-electron chi connectivity index (χ4n) is 3.17. The number of rotatable bonds is 5. The molecule has 2 aliphatic heterocycles. The Labute approximate surface area is 116 Å². The van der Waals surface area contributed by atoms with Crippen LogP contribution in [0.5, 0.6) is 0 Å². The van der Waals surface area contributed by atoms with Crippen LogP contribution in [0.15, 0.2) is 0 Å². The van der Waals surface area contributed by atoms with Crippen LogP contribution in [-0.4, -0.2) is 49.7 Å². The van der Waals surface area contributed by atoms with Gasteiger partial charge in [0.15, 0.2) is 0 Å². The van der Waals surface area contributed by atoms with Gasteiger partial charge in [0.05, 0.1) is 12.6 Å². The van der Waals surface area contributed by atoms with E-state index in [-0.39, 0.29) is 5.91 Å². The number of nitrogens with zero attached hydrogens (tertiary/aromatic N) is 1. The molecule has 19 heavy (non-hydrogen) atoms. The number of amides is 1. The summed E-state index contributed by atoms with van der Waals surface area (Å²) < 4.78 is 5.67. The highest BCUT2D eigenvalue weighted by molar-refractivity contribution is 5.78. The normalized spacial score (nSPS) is 28.4. The van der Waals surface area contributed by atoms with Gasteiger partial charge in [-0.1, -0.05) is 19.8 Å². The fraction of sp³-hybridized carbons (Fsp3) is 0.933. The fourth-order valence-corrected chi connectivity index (χ4v) is 3.17. The van der Waals surface area contributed by atoms with Crippen LogP contribution in [0.2, 0.25) is 0 Å². The van der Waals surface area contributed by atoms with E-state index in [4.69, 9.17) is 4.74 Å². The van der Waals surface area contributed by atoms with Gasteiger partial charge in [-0.15, -0.1) is 0 Å². The van der Waals surface area contributed by atoms with Crippen LogP contribution < -0.4 is 5.32 Å². The van der Waals surface area contributed by atoms with Gasteiger partial charge in [-0.2, -0.15) is 0 Å². The van der Waals surface area contributed by atoms with Crippen LogP contribution in [0.4, 0.5) is 0 Å². The second kappa shape index (κ2) is 7.85. The van der Waals surface area contributed by atoms with Crippen molar-refractivity contribution in [3.63, 3.8) is 0 Å². The summed E-state index contributed by atoms with van der Waals surface area (Å²) in [5, 5.41) is 3.34. The van der Waals surface area contributed by atoms with E-state index in [0.29, 0.717) is 18.6 Å². The van der Waals surface area contributed by atoms with Crippen LogP contribution in [0.1, 0.15) is 45.4 Å². The average molecular weight is 268 g/mol. The van der Waals surface area contributed by atoms with Crippen molar-refractivity contribution in [2.45, 2.75) is 51.6 Å². The van der Waals surface area contributed by atoms with Gasteiger partial charge in [0.25, 0.3) is 0 Å². The number of hydrogen-bond donors (Lipinski definition) is 1. The maximum atomic E-state index is 12.1. The third kappa shape index (κ3) is 4.46. The SMILES string of the molecule is CCC1OCCC1CNCC(=O)N1CCCCCC1. The molecule has 0 aliphatic carbocycles. The van der Waals surface area contributed by atoms with Gasteiger partial charge in [0.2, 0.25) is 5.91 Å². The Balaban J connectivity index is 1.65. The van der Waals surface area contributed by atoms with Crippen LogP contribution in [0.3, 0.4) is 0 Å². The quantitative estimate of drug-likeness (QED) is 0.826. The lowest BCUT2D eigenvalue weighted by Crippen LogP contribution is -2.40. The first kappa shape index (κ1) is 14.8. The Morgan fingerprint density at radius 3 is 2.68 bits per heavy atom. The summed E-state index contributed by atoms with van der Waals surface area (Å²) in [5.41, 5.74) is 0. The molecule has 0 bridgehead atoms. The molecular weight excluding hydrogens is 240 g/mol. The van der Waals surface area contributed by atoms with Crippen molar-refractivity contribution in [2.75, 3.05) is 32.8 Å². The Bertz CT molecular complexity index is 275. The van der Waals surface area contributed by atoms with Gasteiger partial charge in [0, 0.05) is 26.2 Å². The average Bonchev–Trinajstić information content (AvgIpc) is 2.70. The largest absolute Gasteiger partial charge is 0.378 e. The van der Waals surface area contributed by atoms with Crippen molar-refractivity contribution in [2.24, 2.45) is 5.92 Å². The Morgan fingerprint density at radius 2 is 2.00 bits per heavy atom. The highest BCUT2D eigenvalue weighted by Gasteiger charge is 2.26. The number of likely N-dealkylation sites (tertiary alicyclic amines) is 1. The van der Waals surface area contributed by atoms with Crippen LogP contribution in [0, 0.1) is 5.92 Å². The van der Waals surface area contributed by atoms with E-state index in [2.05, 4.69) is 12.2 Å². The number of ether oxygens (including phenoxy) is 1. The maximum Gasteiger partial charge on any atom is 0.236 e. The number of carbonyl (C=O) groups excluding carboxylic acids is 1. The van der Waals surface area contributed by atoms with E-state index in [1.165, 1.54) is 25.7 Å². The van der Waals surface area contributed by atoms with Crippen LogP contribution >= 0.6 is 0 Å². The van der Waals surface area contributed by atoms with Crippen molar-refractivity contribution in [1.82, 2.24) is 10.2 Å². The third-order valence-electron chi connectivity index (χ3n) is 4.39. The molecule has 2 fully saturated rings. The van der Waals surface area contributed by atoms with Gasteiger partial charge in [0.1, 0.15) is 0 Å². The molecular formula is C15H28N2O2. The summed E-state index contributed by atoms with van der Waals surface area (Å²) in [7, 11) is 0. The molecule has 0 aromatic rings. The van der Waals surface area contributed by atoms with E-state index in [9.17, 15) is 4.79 Å². The lowest BCUT2D eigenvalue weighted by Gasteiger charge is -2.22. The maximum absolute atomic E-state index is 12.1. The minimum absolute atomic E-state index is 0.272. The first-order valence-corrected chi connectivity index (χ1v) is 7.91. The van der Waals surface area contributed by atoms with Gasteiger partial charge >= 0.3 is 0 Å². The first-order chi connectivity index (χ1) is 9.31. The summed E-state index contributed by atoms with van der Waals surface area (Å²) in [6.45, 7) is 6.36. The molecule has 0 aromatic carbocycles. The van der Waals surface area contributed by atoms with Crippen molar-refractivity contribution in [3.05, 3.63) is 0 Å². The predicted molar refractivity (Wildman–Crippen MR) is 76.1 cm³/mol. The molecule has 2 rings (SSSR count). The van der Waals surface area contributed by atoms with Gasteiger partial charge < -0.3 is 15.0 Å². The summed E-state index contributed by atoms with van der Waals surface area (Å²) in [4.78, 5) is 14.1. The molecule has 2 unspecified atom stereocenters. The third-order valence-corrected chi connectivity index (χ3v) is 4.39. The van der Waals surface area contributed by atoms with Crippen LogP contribution in [-0.2, 0) is 9.53 Å². The van der Waals surface area contributed by atoms with Crippen molar-refractivity contribution < 1.29 is 9.53 Å². The van der Waals surface area contributed by atoms with E-state index < -0.39 is 0 Å². The summed E-state index contributed by atoms with van der Waals surface area (Å²) in [6.07, 6.45) is 7.47. The molecule has 1 N–H and O–H groups in total. The summed E-state index contributed by atoms with van der Waals surface area (Å²) in [6, 6.07) is 0. The second-order valence-electron chi connectivity index (χ2n) is 5.79. The standard InChI is InChI=1S/C15H28N2O2/c1-2-14-13(7-10-19-14)11-16-12-15(18)17-8-5-3-4-6-9-17/h13-14,16H,2-12H2,1H3. The smallest absolute Gasteiger partial charge is 0.236 e. The van der Waals surface area contributed by atoms with Crippen molar-refractivity contribution >= 4 is 5.91 Å². The molecule has 0 radical (unpaired) electrons. The molecule has 0 aromatic heterocycles. The zero-order chi connectivity index (χ0) is 13.5. The zero-order valence-corrected chi connectivity index (χ0v) is 12.2. The molecule has 2 heterocycles. The number of hydrogen-bond acceptors (Lipinski definition) is 3. The van der Waals surface area contributed by atoms with E-state index in [1.807, 2.05) is 4.90 Å². The van der Waals surface area contributed by atoms with Gasteiger partial charge in [-0.3, -0.25) is 4.79 Å². The minimum atomic E-state index is 0.272. The molecule has 2 atom stereocenters. The Morgan fingerprint density at radius 1 is 1.26 bits per heavy atom. The minimum Gasteiger partial charge on any atom is -0.378 e.